The molecular weight excluding hydrogens is 144 g/mol. The molecule has 1 aliphatic rings. The van der Waals surface area contributed by atoms with Crippen LogP contribution in [-0.4, -0.2) is 41.9 Å². The summed E-state index contributed by atoms with van der Waals surface area (Å²) in [5.74, 6) is -0.320. The van der Waals surface area contributed by atoms with Crippen molar-refractivity contribution in [2.24, 2.45) is 0 Å². The largest absolute Gasteiger partial charge is 0.326 e. The van der Waals surface area contributed by atoms with E-state index in [2.05, 4.69) is 6.58 Å². The highest BCUT2D eigenvalue weighted by atomic mass is 16.2. The number of amides is 3. The van der Waals surface area contributed by atoms with E-state index in [0.29, 0.717) is 13.1 Å². The molecule has 0 bridgehead atoms. The Balaban J connectivity index is 2.69. The first kappa shape index (κ1) is 7.78. The molecular formula is C7H10N2O2. The molecule has 1 heterocycles. The van der Waals surface area contributed by atoms with Gasteiger partial charge < -0.3 is 4.90 Å². The van der Waals surface area contributed by atoms with Crippen molar-refractivity contribution in [2.45, 2.75) is 0 Å². The van der Waals surface area contributed by atoms with Crippen LogP contribution in [0.15, 0.2) is 12.7 Å². The molecule has 0 aromatic carbocycles. The highest BCUT2D eigenvalue weighted by molar-refractivity contribution is 6.00. The topological polar surface area (TPSA) is 40.6 Å². The van der Waals surface area contributed by atoms with E-state index in [-0.39, 0.29) is 11.9 Å². The second-order valence-corrected chi connectivity index (χ2v) is 2.40. The van der Waals surface area contributed by atoms with Gasteiger partial charge in [-0.3, -0.25) is 9.69 Å². The molecule has 60 valence electrons. The molecule has 1 rings (SSSR count). The summed E-state index contributed by atoms with van der Waals surface area (Å²) >= 11 is 0. The molecule has 0 saturated carbocycles. The van der Waals surface area contributed by atoms with E-state index in [1.54, 1.807) is 7.05 Å². The summed E-state index contributed by atoms with van der Waals surface area (Å²) in [7, 11) is 1.67. The van der Waals surface area contributed by atoms with Crippen LogP contribution in [0.2, 0.25) is 0 Å². The van der Waals surface area contributed by atoms with Crippen molar-refractivity contribution in [3.05, 3.63) is 12.7 Å². The molecule has 11 heavy (non-hydrogen) atoms. The fourth-order valence-corrected chi connectivity index (χ4v) is 0.962. The molecule has 4 nitrogen and oxygen atoms in total. The average molecular weight is 154 g/mol. The Labute approximate surface area is 65.1 Å². The van der Waals surface area contributed by atoms with Gasteiger partial charge in [-0.2, -0.15) is 0 Å². The van der Waals surface area contributed by atoms with Gasteiger partial charge in [0.1, 0.15) is 0 Å². The summed E-state index contributed by atoms with van der Waals surface area (Å²) in [5.41, 5.74) is 0. The van der Waals surface area contributed by atoms with Gasteiger partial charge in [0.15, 0.2) is 0 Å². The predicted molar refractivity (Wildman–Crippen MR) is 39.9 cm³/mol. The van der Waals surface area contributed by atoms with Crippen LogP contribution in [-0.2, 0) is 4.79 Å². The summed E-state index contributed by atoms with van der Waals surface area (Å²) in [6.07, 6.45) is 1.15. The second-order valence-electron chi connectivity index (χ2n) is 2.40. The van der Waals surface area contributed by atoms with Crippen LogP contribution in [0.3, 0.4) is 0 Å². The van der Waals surface area contributed by atoms with Gasteiger partial charge in [0, 0.05) is 20.1 Å². The van der Waals surface area contributed by atoms with E-state index in [9.17, 15) is 9.59 Å². The van der Waals surface area contributed by atoms with Crippen LogP contribution in [0.4, 0.5) is 4.79 Å². The number of hydrogen-bond acceptors (Lipinski definition) is 2. The van der Waals surface area contributed by atoms with E-state index in [1.807, 2.05) is 0 Å². The SMILES string of the molecule is C=CC(=O)N1CCN(C)C1=O. The third-order valence-corrected chi connectivity index (χ3v) is 1.66. The molecule has 4 heteroatoms. The van der Waals surface area contributed by atoms with E-state index >= 15 is 0 Å². The van der Waals surface area contributed by atoms with Gasteiger partial charge in [-0.15, -0.1) is 0 Å². The molecule has 0 unspecified atom stereocenters. The molecule has 0 atom stereocenters. The maximum Gasteiger partial charge on any atom is 0.326 e. The van der Waals surface area contributed by atoms with Gasteiger partial charge in [0.2, 0.25) is 0 Å². The molecule has 0 radical (unpaired) electrons. The Morgan fingerprint density at radius 2 is 2.27 bits per heavy atom. The number of imide groups is 1. The van der Waals surface area contributed by atoms with Crippen LogP contribution in [0.5, 0.6) is 0 Å². The zero-order valence-corrected chi connectivity index (χ0v) is 6.41. The molecule has 1 aliphatic heterocycles. The van der Waals surface area contributed by atoms with Crippen molar-refractivity contribution < 1.29 is 9.59 Å². The Kier molecular flexibility index (Phi) is 1.94. The molecule has 1 saturated heterocycles. The van der Waals surface area contributed by atoms with Gasteiger partial charge in [-0.05, 0) is 6.08 Å². The number of carbonyl (C=O) groups excluding carboxylic acids is 2. The fraction of sp³-hybridized carbons (Fsp3) is 0.429. The van der Waals surface area contributed by atoms with Gasteiger partial charge in [-0.1, -0.05) is 6.58 Å². The lowest BCUT2D eigenvalue weighted by Crippen LogP contribution is -2.33. The number of likely N-dealkylation sites (N-methyl/N-ethyl adjacent to an activating group) is 1. The highest BCUT2D eigenvalue weighted by Crippen LogP contribution is 2.05. The number of nitrogens with zero attached hydrogens (tertiary/aromatic N) is 2. The van der Waals surface area contributed by atoms with E-state index in [0.717, 1.165) is 6.08 Å². The van der Waals surface area contributed by atoms with E-state index < -0.39 is 0 Å². The van der Waals surface area contributed by atoms with Crippen LogP contribution in [0, 0.1) is 0 Å². The molecule has 0 N–H and O–H groups in total. The predicted octanol–water partition coefficient (Wildman–Crippen LogP) is 0.0664. The van der Waals surface area contributed by atoms with Gasteiger partial charge >= 0.3 is 6.03 Å². The lowest BCUT2D eigenvalue weighted by atomic mass is 10.5. The zero-order chi connectivity index (χ0) is 8.43. The first-order chi connectivity index (χ1) is 5.16. The van der Waals surface area contributed by atoms with Gasteiger partial charge in [0.05, 0.1) is 0 Å². The molecule has 1 fully saturated rings. The minimum absolute atomic E-state index is 0.241. The van der Waals surface area contributed by atoms with Crippen molar-refractivity contribution in [2.75, 3.05) is 20.1 Å². The lowest BCUT2D eigenvalue weighted by Gasteiger charge is -2.10. The molecule has 0 aromatic rings. The maximum absolute atomic E-state index is 11.1. The van der Waals surface area contributed by atoms with E-state index in [1.165, 1.54) is 9.80 Å². The van der Waals surface area contributed by atoms with Crippen LogP contribution in [0.25, 0.3) is 0 Å². The molecule has 0 aliphatic carbocycles. The highest BCUT2D eigenvalue weighted by Gasteiger charge is 2.28. The summed E-state index contributed by atoms with van der Waals surface area (Å²) in [6.45, 7) is 4.38. The van der Waals surface area contributed by atoms with Crippen LogP contribution >= 0.6 is 0 Å². The molecule has 0 spiro atoms. The number of urea groups is 1. The van der Waals surface area contributed by atoms with Crippen LogP contribution < -0.4 is 0 Å². The normalized spacial score (nSPS) is 17.4. The smallest absolute Gasteiger partial charge is 0.326 e. The van der Waals surface area contributed by atoms with Crippen molar-refractivity contribution >= 4 is 11.9 Å². The summed E-state index contributed by atoms with van der Waals surface area (Å²) in [5, 5.41) is 0. The Bertz CT molecular complexity index is 212. The first-order valence-corrected chi connectivity index (χ1v) is 3.36. The maximum atomic E-state index is 11.1. The van der Waals surface area contributed by atoms with Crippen molar-refractivity contribution in [3.8, 4) is 0 Å². The van der Waals surface area contributed by atoms with Crippen molar-refractivity contribution in [1.29, 1.82) is 0 Å². The van der Waals surface area contributed by atoms with E-state index in [4.69, 9.17) is 0 Å². The standard InChI is InChI=1S/C7H10N2O2/c1-3-6(10)9-5-4-8(2)7(9)11/h3H,1,4-5H2,2H3. The zero-order valence-electron chi connectivity index (χ0n) is 6.41. The third-order valence-electron chi connectivity index (χ3n) is 1.66. The quantitative estimate of drug-likeness (QED) is 0.501. The first-order valence-electron chi connectivity index (χ1n) is 3.36. The van der Waals surface area contributed by atoms with Crippen molar-refractivity contribution in [3.63, 3.8) is 0 Å². The molecule has 0 aromatic heterocycles. The lowest BCUT2D eigenvalue weighted by molar-refractivity contribution is -0.122. The average Bonchev–Trinajstić information content (AvgIpc) is 2.32. The second kappa shape index (κ2) is 2.74. The minimum atomic E-state index is -0.320. The minimum Gasteiger partial charge on any atom is -0.326 e. The fourth-order valence-electron chi connectivity index (χ4n) is 0.962. The Hall–Kier alpha value is -1.32. The number of hydrogen-bond donors (Lipinski definition) is 0. The molecule has 3 amide bonds. The van der Waals surface area contributed by atoms with Gasteiger partial charge in [-0.25, -0.2) is 4.79 Å². The Morgan fingerprint density at radius 3 is 2.64 bits per heavy atom. The van der Waals surface area contributed by atoms with Crippen LogP contribution in [0.1, 0.15) is 0 Å². The summed E-state index contributed by atoms with van der Waals surface area (Å²) in [4.78, 5) is 24.7. The monoisotopic (exact) mass is 154 g/mol. The summed E-state index contributed by atoms with van der Waals surface area (Å²) in [6, 6.07) is -0.241. The van der Waals surface area contributed by atoms with Gasteiger partial charge in [0.25, 0.3) is 5.91 Å². The number of rotatable bonds is 1. The number of carbonyl (C=O) groups is 2. The Morgan fingerprint density at radius 1 is 1.64 bits per heavy atom. The third kappa shape index (κ3) is 1.24. The summed E-state index contributed by atoms with van der Waals surface area (Å²) < 4.78 is 0. The van der Waals surface area contributed by atoms with Crippen molar-refractivity contribution in [1.82, 2.24) is 9.80 Å².